The summed E-state index contributed by atoms with van der Waals surface area (Å²) in [7, 11) is 0. The van der Waals surface area contributed by atoms with E-state index in [1.807, 2.05) is 0 Å². The van der Waals surface area contributed by atoms with Gasteiger partial charge in [-0.25, -0.2) is 18.9 Å². The monoisotopic (exact) mass is 308 g/mol. The van der Waals surface area contributed by atoms with Crippen LogP contribution >= 0.6 is 0 Å². The summed E-state index contributed by atoms with van der Waals surface area (Å²) in [5, 5.41) is 32.2. The molecule has 1 saturated heterocycles. The van der Waals surface area contributed by atoms with Crippen molar-refractivity contribution >= 4 is 11.6 Å². The van der Waals surface area contributed by atoms with Crippen molar-refractivity contribution in [2.75, 3.05) is 12.3 Å². The number of alkyl halides is 1. The molecule has 3 heterocycles. The Morgan fingerprint density at radius 3 is 2.95 bits per heavy atom. The zero-order chi connectivity index (χ0) is 16.1. The smallest absolute Gasteiger partial charge is 0.238 e. The van der Waals surface area contributed by atoms with Crippen LogP contribution in [0, 0.1) is 18.3 Å². The van der Waals surface area contributed by atoms with Gasteiger partial charge in [0.2, 0.25) is 11.5 Å². The zero-order valence-electron chi connectivity index (χ0n) is 11.5. The van der Waals surface area contributed by atoms with Gasteiger partial charge in [-0.1, -0.05) is 0 Å². The number of aryl methyl sites for hydroxylation is 1. The zero-order valence-corrected chi connectivity index (χ0v) is 11.5. The van der Waals surface area contributed by atoms with Crippen molar-refractivity contribution in [3.63, 3.8) is 0 Å². The van der Waals surface area contributed by atoms with Gasteiger partial charge in [-0.15, -0.1) is 5.10 Å². The first-order valence-electron chi connectivity index (χ1n) is 6.43. The minimum Gasteiger partial charge on any atom is -0.392 e. The number of nitrogen functional groups attached to an aromatic ring is 1. The van der Waals surface area contributed by atoms with Crippen LogP contribution in [-0.4, -0.2) is 54.3 Å². The summed E-state index contributed by atoms with van der Waals surface area (Å²) < 4.78 is 21.0. The molecule has 0 amide bonds. The number of rotatable bonds is 2. The molecule has 1 fully saturated rings. The lowest BCUT2D eigenvalue weighted by Gasteiger charge is -2.20. The number of nitrogens with zero attached hydrogens (tertiary/aromatic N) is 5. The number of halogens is 1. The summed E-state index contributed by atoms with van der Waals surface area (Å²) in [5.41, 5.74) is 4.56. The van der Waals surface area contributed by atoms with Gasteiger partial charge in [-0.2, -0.15) is 5.26 Å². The SMILES string of the molecule is Cc1nc(N)nn2c([C@@H]3O[C@](C#N)(CO)[C@@H](O)[C@H]3F)cnc12. The molecule has 2 aromatic rings. The number of aromatic nitrogens is 4. The van der Waals surface area contributed by atoms with E-state index in [9.17, 15) is 14.6 Å². The van der Waals surface area contributed by atoms with Crippen LogP contribution in [0.25, 0.3) is 5.65 Å². The highest BCUT2D eigenvalue weighted by molar-refractivity contribution is 5.46. The third kappa shape index (κ3) is 1.83. The third-order valence-electron chi connectivity index (χ3n) is 3.69. The second kappa shape index (κ2) is 4.84. The minimum atomic E-state index is -2.03. The number of fused-ring (bicyclic) bond motifs is 1. The number of hydrogen-bond acceptors (Lipinski definition) is 8. The molecule has 4 atom stereocenters. The van der Waals surface area contributed by atoms with Gasteiger partial charge in [0.25, 0.3) is 0 Å². The minimum absolute atomic E-state index is 0.0353. The molecule has 0 unspecified atom stereocenters. The van der Waals surface area contributed by atoms with E-state index >= 15 is 0 Å². The predicted molar refractivity (Wildman–Crippen MR) is 70.1 cm³/mol. The maximum atomic E-state index is 14.4. The highest BCUT2D eigenvalue weighted by Crippen LogP contribution is 2.41. The second-order valence-corrected chi connectivity index (χ2v) is 5.06. The average molecular weight is 308 g/mol. The van der Waals surface area contributed by atoms with Crippen LogP contribution in [-0.2, 0) is 4.74 Å². The maximum absolute atomic E-state index is 14.4. The number of nitriles is 1. The molecule has 0 saturated carbocycles. The number of nitrogens with two attached hydrogens (primary N) is 1. The Morgan fingerprint density at radius 1 is 1.64 bits per heavy atom. The second-order valence-electron chi connectivity index (χ2n) is 5.06. The lowest BCUT2D eigenvalue weighted by molar-refractivity contribution is -0.0746. The van der Waals surface area contributed by atoms with Gasteiger partial charge in [-0.3, -0.25) is 0 Å². The van der Waals surface area contributed by atoms with Crippen LogP contribution in [0.2, 0.25) is 0 Å². The molecule has 0 bridgehead atoms. The molecule has 0 aromatic carbocycles. The molecule has 0 spiro atoms. The van der Waals surface area contributed by atoms with E-state index < -0.39 is 30.6 Å². The molecule has 116 valence electrons. The molecule has 10 heteroatoms. The Balaban J connectivity index is 2.11. The number of hydrogen-bond donors (Lipinski definition) is 3. The molecule has 4 N–H and O–H groups in total. The molecule has 1 aliphatic rings. The molecule has 9 nitrogen and oxygen atoms in total. The standard InChI is InChI=1S/C12H13FN6O3/c1-5-10-16-2-6(19(10)18-11(15)17-5)8-7(13)9(21)12(3-14,4-20)22-8/h2,7-9,20-21H,4H2,1H3,(H2,15,18)/t7-,8-,9-,12+/m0/s1. The van der Waals surface area contributed by atoms with Crippen LogP contribution in [0.3, 0.4) is 0 Å². The van der Waals surface area contributed by atoms with Crippen molar-refractivity contribution in [2.45, 2.75) is 30.9 Å². The quantitative estimate of drug-likeness (QED) is 0.643. The van der Waals surface area contributed by atoms with Crippen molar-refractivity contribution in [1.29, 1.82) is 5.26 Å². The van der Waals surface area contributed by atoms with E-state index in [4.69, 9.17) is 15.7 Å². The van der Waals surface area contributed by atoms with E-state index in [0.29, 0.717) is 11.3 Å². The largest absolute Gasteiger partial charge is 0.392 e. The Hall–Kier alpha value is -2.35. The van der Waals surface area contributed by atoms with Crippen molar-refractivity contribution in [2.24, 2.45) is 0 Å². The van der Waals surface area contributed by atoms with E-state index in [0.717, 1.165) is 0 Å². The van der Waals surface area contributed by atoms with Crippen molar-refractivity contribution in [3.05, 3.63) is 17.6 Å². The van der Waals surface area contributed by atoms with E-state index in [2.05, 4.69) is 15.1 Å². The van der Waals surface area contributed by atoms with Gasteiger partial charge < -0.3 is 20.7 Å². The Kier molecular flexibility index (Phi) is 3.21. The highest BCUT2D eigenvalue weighted by atomic mass is 19.1. The van der Waals surface area contributed by atoms with Crippen LogP contribution in [0.1, 0.15) is 17.5 Å². The summed E-state index contributed by atoms with van der Waals surface area (Å²) in [5.74, 6) is -0.0353. The van der Waals surface area contributed by atoms with Crippen LogP contribution in [0.4, 0.5) is 10.3 Å². The van der Waals surface area contributed by atoms with E-state index in [1.165, 1.54) is 10.7 Å². The van der Waals surface area contributed by atoms with Gasteiger partial charge in [0.1, 0.15) is 18.3 Å². The Bertz CT molecular complexity index is 774. The molecule has 0 radical (unpaired) electrons. The van der Waals surface area contributed by atoms with Crippen molar-refractivity contribution in [1.82, 2.24) is 19.6 Å². The van der Waals surface area contributed by atoms with Gasteiger partial charge in [0.15, 0.2) is 11.8 Å². The molecule has 0 aliphatic carbocycles. The van der Waals surface area contributed by atoms with E-state index in [-0.39, 0.29) is 11.6 Å². The van der Waals surface area contributed by atoms with Crippen molar-refractivity contribution in [3.8, 4) is 6.07 Å². The summed E-state index contributed by atoms with van der Waals surface area (Å²) in [6.07, 6.45) is -3.72. The average Bonchev–Trinajstić information content (AvgIpc) is 3.01. The normalized spacial score (nSPS) is 31.5. The predicted octanol–water partition coefficient (Wildman–Crippen LogP) is -0.960. The fraction of sp³-hybridized carbons (Fsp3) is 0.500. The number of anilines is 1. The number of aliphatic hydroxyl groups is 2. The molecular formula is C12H13FN6O3. The van der Waals surface area contributed by atoms with Crippen molar-refractivity contribution < 1.29 is 19.3 Å². The molecular weight excluding hydrogens is 295 g/mol. The summed E-state index contributed by atoms with van der Waals surface area (Å²) >= 11 is 0. The third-order valence-corrected chi connectivity index (χ3v) is 3.69. The summed E-state index contributed by atoms with van der Waals surface area (Å²) in [6, 6.07) is 1.62. The number of aliphatic hydroxyl groups excluding tert-OH is 2. The van der Waals surface area contributed by atoms with Gasteiger partial charge >= 0.3 is 0 Å². The number of imidazole rings is 1. The fourth-order valence-corrected chi connectivity index (χ4v) is 2.52. The van der Waals surface area contributed by atoms with E-state index in [1.54, 1.807) is 13.0 Å². The topological polar surface area (TPSA) is 143 Å². The first-order chi connectivity index (χ1) is 10.4. The lowest BCUT2D eigenvalue weighted by atomic mass is 9.97. The molecule has 2 aromatic heterocycles. The van der Waals surface area contributed by atoms with Crippen LogP contribution in [0.5, 0.6) is 0 Å². The first kappa shape index (κ1) is 14.6. The molecule has 22 heavy (non-hydrogen) atoms. The first-order valence-corrected chi connectivity index (χ1v) is 6.43. The number of ether oxygens (including phenoxy) is 1. The Morgan fingerprint density at radius 2 is 2.36 bits per heavy atom. The van der Waals surface area contributed by atoms with Crippen LogP contribution < -0.4 is 5.73 Å². The Labute approximate surface area is 123 Å². The maximum Gasteiger partial charge on any atom is 0.238 e. The van der Waals surface area contributed by atoms with Gasteiger partial charge in [-0.05, 0) is 6.92 Å². The fourth-order valence-electron chi connectivity index (χ4n) is 2.52. The van der Waals surface area contributed by atoms with Crippen LogP contribution in [0.15, 0.2) is 6.20 Å². The molecule has 3 rings (SSSR count). The summed E-state index contributed by atoms with van der Waals surface area (Å²) in [4.78, 5) is 8.02. The molecule has 1 aliphatic heterocycles. The van der Waals surface area contributed by atoms with Gasteiger partial charge in [0, 0.05) is 0 Å². The summed E-state index contributed by atoms with van der Waals surface area (Å²) in [6.45, 7) is 0.823. The lowest BCUT2D eigenvalue weighted by Crippen LogP contribution is -2.44. The van der Waals surface area contributed by atoms with Gasteiger partial charge in [0.05, 0.1) is 24.2 Å². The highest BCUT2D eigenvalue weighted by Gasteiger charge is 2.57.